The average Bonchev–Trinajstić information content (AvgIpc) is 0.813. The number of aliphatic carboxylic acids is 1. The first-order valence-electron chi connectivity index (χ1n) is 28.4. The number of nitrogens with one attached hydrogen (secondary N) is 1. The van der Waals surface area contributed by atoms with Gasteiger partial charge in [0, 0.05) is 57.2 Å². The van der Waals surface area contributed by atoms with Gasteiger partial charge in [-0.05, 0) is 99.7 Å². The normalized spacial score (nSPS) is 15.0. The second-order valence-corrected chi connectivity index (χ2v) is 29.5. The lowest BCUT2D eigenvalue weighted by Crippen LogP contribution is -2.47. The van der Waals surface area contributed by atoms with E-state index in [1.165, 1.54) is 6.66 Å². The molecule has 4 atom stereocenters. The van der Waals surface area contributed by atoms with Gasteiger partial charge in [0.05, 0.1) is 67.2 Å². The minimum Gasteiger partial charge on any atom is -0.489 e. The Hall–Kier alpha value is -7.65. The van der Waals surface area contributed by atoms with E-state index in [1.807, 2.05) is 57.2 Å². The molecule has 3 amide bonds. The highest BCUT2D eigenvalue weighted by Gasteiger charge is 2.40. The number of aryl methyl sites for hydroxylation is 2. The van der Waals surface area contributed by atoms with Gasteiger partial charge in [0.15, 0.2) is 39.4 Å². The minimum absolute atomic E-state index is 0.0223. The fourth-order valence-electron chi connectivity index (χ4n) is 9.05. The van der Waals surface area contributed by atoms with Crippen molar-refractivity contribution in [3.05, 3.63) is 150 Å². The Bertz CT molecular complexity index is 4020. The summed E-state index contributed by atoms with van der Waals surface area (Å²) in [6.45, 7) is 10.1. The molecule has 1 fully saturated rings. The molecular formula is C60H68Cl4F3N6O21PS2. The molecule has 7 rings (SSSR count). The second-order valence-electron chi connectivity index (χ2n) is 21.5. The number of para-hydroxylation sites is 3. The Morgan fingerprint density at radius 3 is 2.02 bits per heavy atom. The number of sulfonamides is 1. The van der Waals surface area contributed by atoms with Gasteiger partial charge in [-0.15, -0.1) is 11.6 Å². The van der Waals surface area contributed by atoms with Crippen LogP contribution in [0.15, 0.2) is 102 Å². The molecule has 27 nitrogen and oxygen atoms in total. The molecule has 1 aliphatic carbocycles. The van der Waals surface area contributed by atoms with E-state index in [9.17, 15) is 88.4 Å². The number of hydrogen-bond donors (Lipinski definition) is 4. The third-order valence-electron chi connectivity index (χ3n) is 13.6. The molecule has 5 N–H and O–H groups in total. The van der Waals surface area contributed by atoms with Gasteiger partial charge >= 0.3 is 12.1 Å². The fourth-order valence-corrected chi connectivity index (χ4v) is 11.5. The summed E-state index contributed by atoms with van der Waals surface area (Å²) >= 11 is 22.8. The number of ketones is 3. The van der Waals surface area contributed by atoms with Gasteiger partial charge < -0.3 is 39.7 Å². The fraction of sp³-hybridized carbons (Fsp3) is 0.383. The number of anilines is 2. The van der Waals surface area contributed by atoms with Gasteiger partial charge in [-0.3, -0.25) is 58.4 Å². The number of carboxylic acids is 1. The van der Waals surface area contributed by atoms with E-state index in [4.69, 9.17) is 76.3 Å². The van der Waals surface area contributed by atoms with Crippen LogP contribution in [0.5, 0.6) is 17.2 Å². The predicted molar refractivity (Wildman–Crippen MR) is 355 cm³/mol. The van der Waals surface area contributed by atoms with Gasteiger partial charge in [-0.2, -0.15) is 13.2 Å². The number of sulfone groups is 1. The van der Waals surface area contributed by atoms with Gasteiger partial charge in [-0.1, -0.05) is 72.1 Å². The topological polar surface area (TPSA) is 404 Å². The number of rotatable bonds is 20. The first-order valence-corrected chi connectivity index (χ1v) is 36.3. The SMILES string of the molecule is CC1COc2ccccc2N1C(=O)C(Cl)Cl.CCc1cccc(C)c1N(C(=O)CCl)C(C)COC.CP(=O)(O)CCC(N)C(=O)O.CS(=O)(=O)NC(=O)c1cc(Oc2ccc(C(F)(F)F)cc2Cl)ccc1[N+](=O)[O-].CS(=O)(=O)c1ccc(C(=O)C2C(=O)CCCC2=O)c([N+](=O)[O-])c1. The summed E-state index contributed by atoms with van der Waals surface area (Å²) in [4.78, 5) is 113. The number of ether oxygens (including phenoxy) is 3. The Balaban J connectivity index is 0.000000325. The number of carboxylic acid groups (broad SMARTS) is 1. The maximum absolute atomic E-state index is 12.7. The number of nitro benzene ring substituents is 2. The molecule has 0 spiro atoms. The van der Waals surface area contributed by atoms with Crippen molar-refractivity contribution in [2.45, 2.75) is 93.8 Å². The van der Waals surface area contributed by atoms with Gasteiger partial charge in [-0.25, -0.2) is 21.6 Å². The molecule has 0 radical (unpaired) electrons. The van der Waals surface area contributed by atoms with Crippen molar-refractivity contribution in [3.63, 3.8) is 0 Å². The van der Waals surface area contributed by atoms with E-state index in [0.717, 1.165) is 77.6 Å². The van der Waals surface area contributed by atoms with Crippen molar-refractivity contribution in [3.8, 4) is 17.2 Å². The summed E-state index contributed by atoms with van der Waals surface area (Å²) < 4.78 is 112. The molecule has 1 saturated carbocycles. The Kier molecular flexibility index (Phi) is 31.7. The minimum atomic E-state index is -4.62. The Morgan fingerprint density at radius 1 is 0.907 bits per heavy atom. The lowest BCUT2D eigenvalue weighted by atomic mass is 9.81. The monoisotopic (exact) mass is 1500 g/mol. The van der Waals surface area contributed by atoms with Crippen LogP contribution in [-0.4, -0.2) is 152 Å². The number of Topliss-reactive ketones (excluding diaryl/α,β-unsaturated/α-hetero) is 3. The van der Waals surface area contributed by atoms with Gasteiger partial charge in [0.2, 0.25) is 15.9 Å². The van der Waals surface area contributed by atoms with Gasteiger partial charge in [0.1, 0.15) is 47.3 Å². The number of hydrogen-bond acceptors (Lipinski definition) is 20. The highest BCUT2D eigenvalue weighted by atomic mass is 35.5. The van der Waals surface area contributed by atoms with Crippen LogP contribution in [0.2, 0.25) is 5.02 Å². The predicted octanol–water partition coefficient (Wildman–Crippen LogP) is 10.3. The molecule has 0 aromatic heterocycles. The van der Waals surface area contributed by atoms with Crippen LogP contribution in [0, 0.1) is 33.1 Å². The molecule has 2 aliphatic rings. The number of methoxy groups -OCH3 is 1. The summed E-state index contributed by atoms with van der Waals surface area (Å²) in [5.74, 6) is -6.17. The number of nitrogens with zero attached hydrogens (tertiary/aromatic N) is 4. The highest BCUT2D eigenvalue weighted by Crippen LogP contribution is 2.39. The van der Waals surface area contributed by atoms with Crippen molar-refractivity contribution in [2.75, 3.05) is 61.3 Å². The van der Waals surface area contributed by atoms with E-state index in [1.54, 1.807) is 21.6 Å². The number of benzene rings is 5. The molecule has 1 heterocycles. The zero-order chi connectivity index (χ0) is 73.8. The molecule has 0 saturated heterocycles. The Morgan fingerprint density at radius 2 is 1.52 bits per heavy atom. The Labute approximate surface area is 575 Å². The van der Waals surface area contributed by atoms with E-state index in [2.05, 4.69) is 13.0 Å². The highest BCUT2D eigenvalue weighted by molar-refractivity contribution is 7.90. The number of amides is 3. The summed E-state index contributed by atoms with van der Waals surface area (Å²) in [7, 11) is -9.16. The van der Waals surface area contributed by atoms with E-state index in [0.29, 0.717) is 43.8 Å². The smallest absolute Gasteiger partial charge is 0.416 e. The summed E-state index contributed by atoms with van der Waals surface area (Å²) in [6.07, 6.45) is -1.69. The molecule has 530 valence electrons. The number of nitrogens with two attached hydrogens (primary N) is 1. The molecule has 97 heavy (non-hydrogen) atoms. The van der Waals surface area contributed by atoms with Crippen LogP contribution in [-0.2, 0) is 65.7 Å². The molecule has 4 unspecified atom stereocenters. The number of halogens is 7. The maximum atomic E-state index is 12.7. The van der Waals surface area contributed by atoms with Gasteiger partial charge in [0.25, 0.3) is 23.2 Å². The number of carbonyl (C=O) groups excluding carboxylic acids is 6. The zero-order valence-corrected chi connectivity index (χ0v) is 58.5. The summed E-state index contributed by atoms with van der Waals surface area (Å²) in [6, 6.07) is 20.2. The van der Waals surface area contributed by atoms with Crippen molar-refractivity contribution in [2.24, 2.45) is 11.7 Å². The molecule has 5 aromatic carbocycles. The van der Waals surface area contributed by atoms with Crippen LogP contribution in [0.4, 0.5) is 35.9 Å². The largest absolute Gasteiger partial charge is 0.489 e. The van der Waals surface area contributed by atoms with Crippen LogP contribution in [0.25, 0.3) is 0 Å². The van der Waals surface area contributed by atoms with E-state index < -0.39 is 122 Å². The second kappa shape index (κ2) is 36.8. The lowest BCUT2D eigenvalue weighted by Gasteiger charge is -2.35. The quantitative estimate of drug-likeness (QED) is 0.0140. The third-order valence-corrected chi connectivity index (χ3v) is 17.3. The first-order chi connectivity index (χ1) is 44.9. The van der Waals surface area contributed by atoms with Crippen LogP contribution in [0.3, 0.4) is 0 Å². The molecule has 1 aliphatic heterocycles. The van der Waals surface area contributed by atoms with Crippen LogP contribution >= 0.6 is 53.8 Å². The molecule has 0 bridgehead atoms. The van der Waals surface area contributed by atoms with Crippen LogP contribution in [0.1, 0.15) is 83.9 Å². The number of nitro groups is 2. The first kappa shape index (κ1) is 83.6. The molecule has 5 aromatic rings. The van der Waals surface area contributed by atoms with Crippen LogP contribution < -0.4 is 29.7 Å². The standard InChI is InChI=1S/C15H10ClF3N2O6S.C15H22ClNO2.C14H13NO7S.C11H11Cl2NO2.C5H12NO4P/c1-28(25,26)20-14(22)10-7-9(3-4-12(10)21(23)24)27-13-5-2-8(6-11(13)16)15(17,18)19;1-5-13-8-6-7-11(2)15(13)17(14(18)9-16)12(3)10-19-4;1-23(21,22)8-5-6-9(10(7-8)15(19)20)14(18)13-11(16)3-2-4-12(13)17;1-7-6-16-9-5-3-2-4-8(9)14(7)11(15)10(12)13;1-11(9,10)3-2-4(6)5(7)8/h2-7H,1H3,(H,20,22);6-8,12H,5,9-10H2,1-4H3;5-7,13H,2-4H2,1H3;2-5,7,10H,6H2,1H3;4H,2-3,6H2,1H3,(H,7,8)(H,9,10). The lowest BCUT2D eigenvalue weighted by molar-refractivity contribution is -0.385. The van der Waals surface area contributed by atoms with Crippen molar-refractivity contribution < 1.29 is 102 Å². The number of alkyl halides is 6. The van der Waals surface area contributed by atoms with Crippen molar-refractivity contribution in [1.29, 1.82) is 0 Å². The van der Waals surface area contributed by atoms with E-state index >= 15 is 0 Å². The van der Waals surface area contributed by atoms with Crippen molar-refractivity contribution >= 4 is 137 Å². The third kappa shape index (κ3) is 25.3. The maximum Gasteiger partial charge on any atom is 0.416 e. The van der Waals surface area contributed by atoms with Crippen molar-refractivity contribution in [1.82, 2.24) is 4.72 Å². The summed E-state index contributed by atoms with van der Waals surface area (Å²) in [5, 5.41) is 30.1. The molecule has 37 heteroatoms. The summed E-state index contributed by atoms with van der Waals surface area (Å²) in [5.41, 5.74) is 5.51. The van der Waals surface area contributed by atoms with E-state index in [-0.39, 0.29) is 71.6 Å². The molecular weight excluding hydrogens is 1430 g/mol. The number of fused-ring (bicyclic) bond motifs is 1. The number of carbonyl (C=O) groups is 7. The average molecular weight is 1500 g/mol. The zero-order valence-electron chi connectivity index (χ0n) is 52.9.